The zero-order valence-electron chi connectivity index (χ0n) is 11.8. The summed E-state index contributed by atoms with van der Waals surface area (Å²) < 4.78 is 26.9. The number of benzene rings is 1. The summed E-state index contributed by atoms with van der Waals surface area (Å²) >= 11 is 0. The summed E-state index contributed by atoms with van der Waals surface area (Å²) in [7, 11) is -3.83. The summed E-state index contributed by atoms with van der Waals surface area (Å²) in [6, 6.07) is 3.88. The van der Waals surface area contributed by atoms with Crippen molar-refractivity contribution < 1.29 is 18.3 Å². The Hall–Kier alpha value is -1.60. The number of sulfonamides is 1. The maximum absolute atomic E-state index is 12.7. The van der Waals surface area contributed by atoms with Crippen LogP contribution in [0.2, 0.25) is 0 Å². The third-order valence-electron chi connectivity index (χ3n) is 3.67. The number of hydrogen-bond acceptors (Lipinski definition) is 4. The Morgan fingerprint density at radius 1 is 1.10 bits per heavy atom. The highest BCUT2D eigenvalue weighted by Gasteiger charge is 2.29. The van der Waals surface area contributed by atoms with Gasteiger partial charge in [-0.15, -0.1) is 0 Å². The van der Waals surface area contributed by atoms with E-state index in [1.54, 1.807) is 0 Å². The van der Waals surface area contributed by atoms with Crippen LogP contribution in [0.4, 0.5) is 5.69 Å². The number of carbonyl (C=O) groups is 1. The molecule has 1 aliphatic rings. The van der Waals surface area contributed by atoms with Crippen molar-refractivity contribution in [3.05, 3.63) is 23.8 Å². The van der Waals surface area contributed by atoms with Gasteiger partial charge in [-0.25, -0.2) is 13.2 Å². The molecule has 1 aliphatic heterocycles. The summed E-state index contributed by atoms with van der Waals surface area (Å²) in [6.45, 7) is 0.854. The lowest BCUT2D eigenvalue weighted by molar-refractivity contribution is 0.0692. The number of carboxylic acids is 1. The molecule has 0 aromatic heterocycles. The van der Waals surface area contributed by atoms with Crippen molar-refractivity contribution in [1.82, 2.24) is 4.31 Å². The number of hydrogen-bond donors (Lipinski definition) is 2. The normalized spacial score (nSPS) is 17.9. The molecule has 1 fully saturated rings. The van der Waals surface area contributed by atoms with Gasteiger partial charge in [0.05, 0.1) is 10.5 Å². The second kappa shape index (κ2) is 6.44. The lowest BCUT2D eigenvalue weighted by Crippen LogP contribution is -2.34. The van der Waals surface area contributed by atoms with Gasteiger partial charge >= 0.3 is 5.97 Å². The van der Waals surface area contributed by atoms with E-state index >= 15 is 0 Å². The smallest absolute Gasteiger partial charge is 0.337 e. The largest absolute Gasteiger partial charge is 0.478 e. The molecular formula is C14H20N2O4S. The van der Waals surface area contributed by atoms with E-state index in [9.17, 15) is 18.3 Å². The molecule has 0 saturated carbocycles. The number of anilines is 1. The fraction of sp³-hybridized carbons (Fsp3) is 0.500. The van der Waals surface area contributed by atoms with E-state index in [4.69, 9.17) is 5.73 Å². The second-order valence-corrected chi connectivity index (χ2v) is 7.14. The van der Waals surface area contributed by atoms with Crippen LogP contribution in [0.3, 0.4) is 0 Å². The molecule has 2 rings (SSSR count). The van der Waals surface area contributed by atoms with Crippen LogP contribution in [0.1, 0.15) is 42.5 Å². The first-order valence-electron chi connectivity index (χ1n) is 7.06. The molecule has 0 bridgehead atoms. The number of carboxylic acid groups (broad SMARTS) is 1. The van der Waals surface area contributed by atoms with Crippen molar-refractivity contribution in [2.45, 2.75) is 37.0 Å². The molecule has 7 heteroatoms. The van der Waals surface area contributed by atoms with E-state index in [2.05, 4.69) is 0 Å². The predicted octanol–water partition coefficient (Wildman–Crippen LogP) is 1.92. The SMILES string of the molecule is Nc1ccc(C(=O)O)c(S(=O)(=O)N2CCCCCCC2)c1. The van der Waals surface area contributed by atoms with Gasteiger partial charge in [0.1, 0.15) is 0 Å². The van der Waals surface area contributed by atoms with Gasteiger partial charge in [0, 0.05) is 18.8 Å². The Labute approximate surface area is 124 Å². The van der Waals surface area contributed by atoms with Gasteiger partial charge in [-0.05, 0) is 31.0 Å². The van der Waals surface area contributed by atoms with Crippen LogP contribution in [0, 0.1) is 0 Å². The molecule has 21 heavy (non-hydrogen) atoms. The minimum atomic E-state index is -3.83. The monoisotopic (exact) mass is 312 g/mol. The molecule has 1 aromatic rings. The van der Waals surface area contributed by atoms with E-state index in [1.165, 1.54) is 22.5 Å². The van der Waals surface area contributed by atoms with Crippen LogP contribution in [0.15, 0.2) is 23.1 Å². The minimum absolute atomic E-state index is 0.212. The van der Waals surface area contributed by atoms with Crippen LogP contribution >= 0.6 is 0 Å². The van der Waals surface area contributed by atoms with E-state index in [-0.39, 0.29) is 16.1 Å². The first-order chi connectivity index (χ1) is 9.93. The zero-order valence-corrected chi connectivity index (χ0v) is 12.6. The molecule has 3 N–H and O–H groups in total. The molecule has 0 atom stereocenters. The summed E-state index contributed by atoms with van der Waals surface area (Å²) in [5.74, 6) is -1.26. The van der Waals surface area contributed by atoms with Crippen LogP contribution in [-0.2, 0) is 10.0 Å². The number of nitrogens with zero attached hydrogens (tertiary/aromatic N) is 1. The Kier molecular flexibility index (Phi) is 4.84. The average molecular weight is 312 g/mol. The molecule has 1 saturated heterocycles. The van der Waals surface area contributed by atoms with Gasteiger partial charge < -0.3 is 10.8 Å². The maximum Gasteiger partial charge on any atom is 0.337 e. The van der Waals surface area contributed by atoms with Crippen molar-refractivity contribution in [2.75, 3.05) is 18.8 Å². The molecule has 1 heterocycles. The van der Waals surface area contributed by atoms with Crippen LogP contribution in [0.5, 0.6) is 0 Å². The Balaban J connectivity index is 2.42. The van der Waals surface area contributed by atoms with Crippen LogP contribution in [0.25, 0.3) is 0 Å². The topological polar surface area (TPSA) is 101 Å². The van der Waals surface area contributed by atoms with Crippen molar-refractivity contribution in [1.29, 1.82) is 0 Å². The third-order valence-corrected chi connectivity index (χ3v) is 5.61. The average Bonchev–Trinajstić information content (AvgIpc) is 2.37. The summed E-state index contributed by atoms with van der Waals surface area (Å²) in [4.78, 5) is 11.0. The predicted molar refractivity (Wildman–Crippen MR) is 79.7 cm³/mol. The highest BCUT2D eigenvalue weighted by atomic mass is 32.2. The van der Waals surface area contributed by atoms with Crippen molar-refractivity contribution in [2.24, 2.45) is 0 Å². The molecule has 0 aliphatic carbocycles. The van der Waals surface area contributed by atoms with Gasteiger partial charge in [-0.1, -0.05) is 19.3 Å². The number of nitrogen functional groups attached to an aromatic ring is 1. The van der Waals surface area contributed by atoms with Gasteiger partial charge in [0.15, 0.2) is 0 Å². The molecule has 0 spiro atoms. The quantitative estimate of drug-likeness (QED) is 0.830. The molecule has 0 radical (unpaired) electrons. The van der Waals surface area contributed by atoms with Gasteiger partial charge in [-0.2, -0.15) is 4.31 Å². The number of aromatic carboxylic acids is 1. The molecule has 0 amide bonds. The first kappa shape index (κ1) is 15.8. The van der Waals surface area contributed by atoms with Crippen molar-refractivity contribution in [3.8, 4) is 0 Å². The standard InChI is InChI=1S/C14H20N2O4S/c15-11-6-7-12(14(17)18)13(10-11)21(19,20)16-8-4-2-1-3-5-9-16/h6-7,10H,1-5,8-9,15H2,(H,17,18). The Morgan fingerprint density at radius 2 is 1.67 bits per heavy atom. The summed E-state index contributed by atoms with van der Waals surface area (Å²) in [5, 5.41) is 9.20. The second-order valence-electron chi connectivity index (χ2n) is 5.23. The van der Waals surface area contributed by atoms with E-state index in [1.807, 2.05) is 0 Å². The molecular weight excluding hydrogens is 292 g/mol. The number of nitrogens with two attached hydrogens (primary N) is 1. The number of rotatable bonds is 3. The summed E-state index contributed by atoms with van der Waals surface area (Å²) in [6.07, 6.45) is 4.70. The van der Waals surface area contributed by atoms with Gasteiger partial charge in [-0.3, -0.25) is 0 Å². The lowest BCUT2D eigenvalue weighted by atomic mass is 10.1. The van der Waals surface area contributed by atoms with Crippen LogP contribution < -0.4 is 5.73 Å². The molecule has 116 valence electrons. The van der Waals surface area contributed by atoms with E-state index in [0.717, 1.165) is 32.1 Å². The van der Waals surface area contributed by atoms with E-state index < -0.39 is 16.0 Å². The molecule has 1 aromatic carbocycles. The summed E-state index contributed by atoms with van der Waals surface area (Å²) in [5.41, 5.74) is 5.64. The Morgan fingerprint density at radius 3 is 2.24 bits per heavy atom. The fourth-order valence-electron chi connectivity index (χ4n) is 2.53. The van der Waals surface area contributed by atoms with Gasteiger partial charge in [0.2, 0.25) is 10.0 Å². The minimum Gasteiger partial charge on any atom is -0.478 e. The van der Waals surface area contributed by atoms with E-state index in [0.29, 0.717) is 13.1 Å². The van der Waals surface area contributed by atoms with Crippen LogP contribution in [-0.4, -0.2) is 36.9 Å². The highest BCUT2D eigenvalue weighted by Crippen LogP contribution is 2.25. The molecule has 0 unspecified atom stereocenters. The lowest BCUT2D eigenvalue weighted by Gasteiger charge is -2.24. The first-order valence-corrected chi connectivity index (χ1v) is 8.50. The van der Waals surface area contributed by atoms with Crippen molar-refractivity contribution >= 4 is 21.7 Å². The Bertz CT molecular complexity index is 620. The van der Waals surface area contributed by atoms with Crippen molar-refractivity contribution in [3.63, 3.8) is 0 Å². The zero-order chi connectivity index (χ0) is 15.5. The van der Waals surface area contributed by atoms with Gasteiger partial charge in [0.25, 0.3) is 0 Å². The fourth-order valence-corrected chi connectivity index (χ4v) is 4.26. The highest BCUT2D eigenvalue weighted by molar-refractivity contribution is 7.89. The third kappa shape index (κ3) is 3.54. The molecule has 6 nitrogen and oxygen atoms in total. The maximum atomic E-state index is 12.7.